The second-order valence-electron chi connectivity index (χ2n) is 8.13. The lowest BCUT2D eigenvalue weighted by molar-refractivity contribution is -0.111. The first-order valence-electron chi connectivity index (χ1n) is 11.3. The number of amides is 2. The van der Waals surface area contributed by atoms with Crippen molar-refractivity contribution in [1.29, 1.82) is 0 Å². The maximum absolute atomic E-state index is 11.8. The molecular weight excluding hydrogens is 466 g/mol. The van der Waals surface area contributed by atoms with Crippen LogP contribution in [0.25, 0.3) is 33.2 Å². The van der Waals surface area contributed by atoms with Gasteiger partial charge in [-0.15, -0.1) is 0 Å². The molecule has 8 nitrogen and oxygen atoms in total. The quantitative estimate of drug-likeness (QED) is 0.298. The normalized spacial score (nSPS) is 10.6. The van der Waals surface area contributed by atoms with Crippen LogP contribution in [0.5, 0.6) is 11.6 Å². The van der Waals surface area contributed by atoms with Crippen LogP contribution in [0.15, 0.2) is 104 Å². The molecule has 0 aliphatic carbocycles. The van der Waals surface area contributed by atoms with E-state index >= 15 is 0 Å². The molecule has 2 amide bonds. The van der Waals surface area contributed by atoms with Gasteiger partial charge in [-0.25, -0.2) is 15.0 Å². The molecule has 0 bridgehead atoms. The first-order chi connectivity index (χ1) is 18.0. The molecule has 2 heterocycles. The molecule has 0 unspecified atom stereocenters. The van der Waals surface area contributed by atoms with E-state index in [2.05, 4.69) is 32.9 Å². The van der Waals surface area contributed by atoms with Crippen molar-refractivity contribution < 1.29 is 14.3 Å². The van der Waals surface area contributed by atoms with E-state index in [1.54, 1.807) is 6.20 Å². The molecule has 0 aliphatic heterocycles. The molecule has 0 spiro atoms. The molecule has 37 heavy (non-hydrogen) atoms. The van der Waals surface area contributed by atoms with E-state index in [0.717, 1.165) is 33.2 Å². The van der Waals surface area contributed by atoms with Gasteiger partial charge in [0.1, 0.15) is 12.1 Å². The lowest BCUT2D eigenvalue weighted by atomic mass is 9.96. The Hall–Kier alpha value is -5.37. The zero-order valence-electron chi connectivity index (χ0n) is 19.6. The van der Waals surface area contributed by atoms with Crippen LogP contribution in [0.1, 0.15) is 10.4 Å². The number of aromatic nitrogens is 3. The average molecular weight is 488 g/mol. The molecule has 0 fully saturated rings. The Labute approximate surface area is 212 Å². The standard InChI is InChI=1S/C29H21N5O3/c1-2-26(35)34-23-5-3-4-19(13-23)25-14-21(12-22-16-31-17-33-28(22)25)18-6-8-24(9-7-18)37-27-15-20(29(30)36)10-11-32-27/h2-17H,1H2,(H2,30,36)(H,34,35). The highest BCUT2D eigenvalue weighted by Gasteiger charge is 2.11. The number of rotatable bonds is 7. The number of nitrogens with zero attached hydrogens (tertiary/aromatic N) is 3. The number of anilines is 1. The Morgan fingerprint density at radius 3 is 2.54 bits per heavy atom. The van der Waals surface area contributed by atoms with Crippen LogP contribution in [0.4, 0.5) is 5.69 Å². The Balaban J connectivity index is 1.49. The number of fused-ring (bicyclic) bond motifs is 1. The molecule has 3 N–H and O–H groups in total. The van der Waals surface area contributed by atoms with Gasteiger partial charge in [0.2, 0.25) is 17.7 Å². The molecule has 180 valence electrons. The predicted octanol–water partition coefficient (Wildman–Crippen LogP) is 5.37. The summed E-state index contributed by atoms with van der Waals surface area (Å²) in [5.74, 6) is 0.00903. The van der Waals surface area contributed by atoms with Crippen molar-refractivity contribution >= 4 is 28.4 Å². The zero-order chi connectivity index (χ0) is 25.8. The van der Waals surface area contributed by atoms with Crippen molar-refractivity contribution in [2.75, 3.05) is 5.32 Å². The molecule has 3 aromatic carbocycles. The van der Waals surface area contributed by atoms with Crippen molar-refractivity contribution in [3.63, 3.8) is 0 Å². The minimum Gasteiger partial charge on any atom is -0.439 e. The van der Waals surface area contributed by atoms with Crippen molar-refractivity contribution in [3.8, 4) is 33.9 Å². The summed E-state index contributed by atoms with van der Waals surface area (Å²) < 4.78 is 5.80. The largest absolute Gasteiger partial charge is 0.439 e. The fourth-order valence-electron chi connectivity index (χ4n) is 3.90. The van der Waals surface area contributed by atoms with Gasteiger partial charge in [0.15, 0.2) is 0 Å². The third-order valence-corrected chi connectivity index (χ3v) is 5.66. The molecule has 8 heteroatoms. The predicted molar refractivity (Wildman–Crippen MR) is 142 cm³/mol. The van der Waals surface area contributed by atoms with E-state index in [0.29, 0.717) is 17.0 Å². The minimum absolute atomic E-state index is 0.276. The first-order valence-corrected chi connectivity index (χ1v) is 11.3. The summed E-state index contributed by atoms with van der Waals surface area (Å²) in [7, 11) is 0. The SMILES string of the molecule is C=CC(=O)Nc1cccc(-c2cc(-c3ccc(Oc4cc(C(N)=O)ccn4)cc3)cc3cncnc23)c1. The number of ether oxygens (including phenoxy) is 1. The van der Waals surface area contributed by atoms with Crippen molar-refractivity contribution in [2.45, 2.75) is 0 Å². The van der Waals surface area contributed by atoms with E-state index < -0.39 is 5.91 Å². The van der Waals surface area contributed by atoms with Gasteiger partial charge in [-0.3, -0.25) is 9.59 Å². The molecule has 0 atom stereocenters. The third-order valence-electron chi connectivity index (χ3n) is 5.66. The van der Waals surface area contributed by atoms with Gasteiger partial charge >= 0.3 is 0 Å². The third kappa shape index (κ3) is 5.18. The summed E-state index contributed by atoms with van der Waals surface area (Å²) in [6.07, 6.45) is 5.99. The van der Waals surface area contributed by atoms with Gasteiger partial charge in [-0.2, -0.15) is 0 Å². The molecule has 5 rings (SSSR count). The lowest BCUT2D eigenvalue weighted by Gasteiger charge is -2.12. The van der Waals surface area contributed by atoms with E-state index in [4.69, 9.17) is 10.5 Å². The van der Waals surface area contributed by atoms with Crippen molar-refractivity contribution in [3.05, 3.63) is 110 Å². The van der Waals surface area contributed by atoms with Gasteiger partial charge in [0, 0.05) is 40.7 Å². The van der Waals surface area contributed by atoms with Gasteiger partial charge < -0.3 is 15.8 Å². The highest BCUT2D eigenvalue weighted by molar-refractivity contribution is 6.01. The second kappa shape index (κ2) is 10.1. The van der Waals surface area contributed by atoms with Crippen LogP contribution in [-0.4, -0.2) is 26.8 Å². The molecule has 0 saturated carbocycles. The zero-order valence-corrected chi connectivity index (χ0v) is 19.6. The number of nitrogens with one attached hydrogen (secondary N) is 1. The summed E-state index contributed by atoms with van der Waals surface area (Å²) in [6, 6.07) is 22.2. The number of carbonyl (C=O) groups is 2. The lowest BCUT2D eigenvalue weighted by Crippen LogP contribution is -2.10. The molecule has 0 saturated heterocycles. The molecule has 0 aliphatic rings. The maximum atomic E-state index is 11.8. The number of pyridine rings is 1. The molecule has 2 aromatic heterocycles. The van der Waals surface area contributed by atoms with E-state index in [9.17, 15) is 9.59 Å². The Morgan fingerprint density at radius 1 is 0.919 bits per heavy atom. The van der Waals surface area contributed by atoms with Crippen LogP contribution in [0.2, 0.25) is 0 Å². The maximum Gasteiger partial charge on any atom is 0.248 e. The van der Waals surface area contributed by atoms with Crippen LogP contribution in [-0.2, 0) is 4.79 Å². The van der Waals surface area contributed by atoms with Crippen LogP contribution in [0.3, 0.4) is 0 Å². The fraction of sp³-hybridized carbons (Fsp3) is 0. The number of hydrogen-bond donors (Lipinski definition) is 2. The second-order valence-corrected chi connectivity index (χ2v) is 8.13. The van der Waals surface area contributed by atoms with Crippen LogP contribution in [0, 0.1) is 0 Å². The summed E-state index contributed by atoms with van der Waals surface area (Å²) in [5.41, 5.74) is 10.8. The summed E-state index contributed by atoms with van der Waals surface area (Å²) in [6.45, 7) is 3.50. The number of carbonyl (C=O) groups excluding carboxylic acids is 2. The van der Waals surface area contributed by atoms with E-state index in [1.807, 2.05) is 54.6 Å². The van der Waals surface area contributed by atoms with E-state index in [1.165, 1.54) is 30.7 Å². The highest BCUT2D eigenvalue weighted by Crippen LogP contribution is 2.34. The number of primary amides is 1. The van der Waals surface area contributed by atoms with Gasteiger partial charge in [0.05, 0.1) is 5.52 Å². The number of benzene rings is 3. The summed E-state index contributed by atoms with van der Waals surface area (Å²) in [5, 5.41) is 3.68. The van der Waals surface area contributed by atoms with Crippen molar-refractivity contribution in [1.82, 2.24) is 15.0 Å². The highest BCUT2D eigenvalue weighted by atomic mass is 16.5. The summed E-state index contributed by atoms with van der Waals surface area (Å²) in [4.78, 5) is 36.0. The Kier molecular flexibility index (Phi) is 6.37. The van der Waals surface area contributed by atoms with Gasteiger partial charge in [-0.05, 0) is 65.2 Å². The first kappa shape index (κ1) is 23.4. The number of nitrogens with two attached hydrogens (primary N) is 1. The van der Waals surface area contributed by atoms with Gasteiger partial charge in [0.25, 0.3) is 0 Å². The average Bonchev–Trinajstić information content (AvgIpc) is 2.93. The van der Waals surface area contributed by atoms with Crippen molar-refractivity contribution in [2.24, 2.45) is 5.73 Å². The van der Waals surface area contributed by atoms with Gasteiger partial charge in [-0.1, -0.05) is 30.8 Å². The molecule has 5 aromatic rings. The van der Waals surface area contributed by atoms with E-state index in [-0.39, 0.29) is 11.8 Å². The van der Waals surface area contributed by atoms with Crippen LogP contribution < -0.4 is 15.8 Å². The minimum atomic E-state index is -0.549. The number of hydrogen-bond acceptors (Lipinski definition) is 6. The molecular formula is C29H21N5O3. The molecule has 0 radical (unpaired) electrons. The monoisotopic (exact) mass is 487 g/mol. The Morgan fingerprint density at radius 2 is 1.76 bits per heavy atom. The fourth-order valence-corrected chi connectivity index (χ4v) is 3.90. The summed E-state index contributed by atoms with van der Waals surface area (Å²) >= 11 is 0. The van der Waals surface area contributed by atoms with Crippen LogP contribution >= 0.6 is 0 Å². The Bertz CT molecular complexity index is 1650. The topological polar surface area (TPSA) is 120 Å². The smallest absolute Gasteiger partial charge is 0.248 e.